The molecule has 1 unspecified atom stereocenters. The summed E-state index contributed by atoms with van der Waals surface area (Å²) in [5.41, 5.74) is -1.72. The van der Waals surface area contributed by atoms with Gasteiger partial charge in [0.2, 0.25) is 0 Å². The van der Waals surface area contributed by atoms with Crippen molar-refractivity contribution < 1.29 is 33.4 Å². The van der Waals surface area contributed by atoms with Crippen molar-refractivity contribution in [1.82, 2.24) is 0 Å². The van der Waals surface area contributed by atoms with E-state index in [1.807, 2.05) is 27.7 Å². The normalized spacial score (nSPS) is 49.2. The highest BCUT2D eigenvalue weighted by molar-refractivity contribution is 5.99. The van der Waals surface area contributed by atoms with Crippen molar-refractivity contribution in [3.8, 4) is 0 Å². The lowest BCUT2D eigenvalue weighted by molar-refractivity contribution is -0.204. The van der Waals surface area contributed by atoms with Gasteiger partial charge in [-0.05, 0) is 17.8 Å². The molecule has 0 saturated heterocycles. The molecule has 5 fully saturated rings. The molecule has 9 atom stereocenters. The third-order valence-corrected chi connectivity index (χ3v) is 8.18. The lowest BCUT2D eigenvalue weighted by Gasteiger charge is -2.43. The van der Waals surface area contributed by atoms with Crippen LogP contribution in [-0.4, -0.2) is 42.0 Å². The van der Waals surface area contributed by atoms with Crippen LogP contribution in [0.15, 0.2) is 0 Å². The van der Waals surface area contributed by atoms with E-state index in [9.17, 15) is 19.2 Å². The minimum atomic E-state index is -0.963. The van der Waals surface area contributed by atoms with Crippen molar-refractivity contribution in [1.29, 1.82) is 0 Å². The average molecular weight is 392 g/mol. The van der Waals surface area contributed by atoms with Gasteiger partial charge in [-0.2, -0.15) is 0 Å². The topological polar surface area (TPSA) is 96.0 Å². The number of esters is 3. The summed E-state index contributed by atoms with van der Waals surface area (Å²) in [5.74, 6) is -1.47. The Bertz CT molecular complexity index is 801. The second-order valence-electron chi connectivity index (χ2n) is 9.98. The lowest BCUT2D eigenvalue weighted by Crippen LogP contribution is -2.55. The molecule has 0 amide bonds. The molecular formula is C21H28O7. The van der Waals surface area contributed by atoms with E-state index in [2.05, 4.69) is 0 Å². The summed E-state index contributed by atoms with van der Waals surface area (Å²) in [5, 5.41) is 0. The summed E-state index contributed by atoms with van der Waals surface area (Å²) in [6.07, 6.45) is -2.63. The predicted molar refractivity (Wildman–Crippen MR) is 95.6 cm³/mol. The number of ether oxygens (including phenoxy) is 3. The number of hydrogen-bond acceptors (Lipinski definition) is 7. The van der Waals surface area contributed by atoms with E-state index >= 15 is 0 Å². The Labute approximate surface area is 164 Å². The fourth-order valence-electron chi connectivity index (χ4n) is 7.50. The van der Waals surface area contributed by atoms with Gasteiger partial charge in [-0.1, -0.05) is 27.7 Å². The summed E-state index contributed by atoms with van der Waals surface area (Å²) in [6, 6.07) is 0. The first kappa shape index (κ1) is 19.4. The number of carbonyl (C=O) groups is 4. The molecule has 7 nitrogen and oxygen atoms in total. The van der Waals surface area contributed by atoms with Crippen LogP contribution in [0.1, 0.15) is 48.5 Å². The van der Waals surface area contributed by atoms with E-state index in [4.69, 9.17) is 14.2 Å². The van der Waals surface area contributed by atoms with Crippen LogP contribution in [0.5, 0.6) is 0 Å². The fourth-order valence-corrected chi connectivity index (χ4v) is 7.50. The van der Waals surface area contributed by atoms with Crippen molar-refractivity contribution in [3.63, 3.8) is 0 Å². The zero-order chi connectivity index (χ0) is 21.0. The van der Waals surface area contributed by atoms with Gasteiger partial charge in [-0.15, -0.1) is 0 Å². The zero-order valence-electron chi connectivity index (χ0n) is 17.4. The highest BCUT2D eigenvalue weighted by atomic mass is 16.6. The number of carbonyl (C=O) groups excluding carboxylic acids is 4. The van der Waals surface area contributed by atoms with Gasteiger partial charge in [0.05, 0.1) is 0 Å². The standard InChI is InChI=1S/C21H28O7/c1-8(22)26-14-17(27-9(2)23)19(4,5)11-12-15-20(12,6)16(25)13(11)21(15,7)18(14)28-10(3)24/h11-15,17-18H,1-7H3/t11-,12-,13-,14+,15?,17+,18+,20-,21-/m0/s1. The van der Waals surface area contributed by atoms with Gasteiger partial charge in [-0.25, -0.2) is 0 Å². The van der Waals surface area contributed by atoms with Crippen molar-refractivity contribution >= 4 is 23.7 Å². The molecular weight excluding hydrogens is 364 g/mol. The molecule has 6 bridgehead atoms. The first-order valence-corrected chi connectivity index (χ1v) is 9.86. The van der Waals surface area contributed by atoms with Gasteiger partial charge >= 0.3 is 17.9 Å². The van der Waals surface area contributed by atoms with E-state index in [0.29, 0.717) is 0 Å². The fraction of sp³-hybridized carbons (Fsp3) is 0.810. The molecule has 0 heterocycles. The van der Waals surface area contributed by atoms with E-state index in [1.54, 1.807) is 0 Å². The van der Waals surface area contributed by atoms with Crippen LogP contribution in [-0.2, 0) is 33.4 Å². The van der Waals surface area contributed by atoms with Crippen LogP contribution in [0.2, 0.25) is 0 Å². The van der Waals surface area contributed by atoms with Gasteiger partial charge < -0.3 is 14.2 Å². The van der Waals surface area contributed by atoms with Gasteiger partial charge in [-0.3, -0.25) is 19.2 Å². The number of ketones is 1. The second-order valence-corrected chi connectivity index (χ2v) is 9.98. The van der Waals surface area contributed by atoms with Crippen LogP contribution in [0.3, 0.4) is 0 Å². The molecule has 0 radical (unpaired) electrons. The molecule has 154 valence electrons. The maximum Gasteiger partial charge on any atom is 0.303 e. The van der Waals surface area contributed by atoms with Crippen LogP contribution >= 0.6 is 0 Å². The molecule has 5 aliphatic rings. The largest absolute Gasteiger partial charge is 0.458 e. The molecule has 0 spiro atoms. The van der Waals surface area contributed by atoms with Crippen LogP contribution in [0, 0.1) is 39.9 Å². The quantitative estimate of drug-likeness (QED) is 0.535. The summed E-state index contributed by atoms with van der Waals surface area (Å²) in [6.45, 7) is 11.8. The molecule has 0 aromatic rings. The van der Waals surface area contributed by atoms with Crippen molar-refractivity contribution in [2.45, 2.75) is 66.8 Å². The Balaban J connectivity index is 1.92. The summed E-state index contributed by atoms with van der Waals surface area (Å²) < 4.78 is 17.1. The van der Waals surface area contributed by atoms with E-state index in [1.165, 1.54) is 20.8 Å². The first-order valence-electron chi connectivity index (χ1n) is 9.86. The monoisotopic (exact) mass is 392 g/mol. The molecule has 5 aliphatic carbocycles. The van der Waals surface area contributed by atoms with Crippen LogP contribution in [0.25, 0.3) is 0 Å². The first-order chi connectivity index (χ1) is 12.8. The van der Waals surface area contributed by atoms with E-state index in [0.717, 1.165) is 0 Å². The Hall–Kier alpha value is -1.92. The number of Topliss-reactive ketones (excluding diaryl/α,β-unsaturated/α-hetero) is 1. The molecule has 0 N–H and O–H groups in total. The molecule has 5 rings (SSSR count). The van der Waals surface area contributed by atoms with Crippen LogP contribution < -0.4 is 0 Å². The van der Waals surface area contributed by atoms with Crippen molar-refractivity contribution in [3.05, 3.63) is 0 Å². The molecule has 28 heavy (non-hydrogen) atoms. The van der Waals surface area contributed by atoms with Gasteiger partial charge in [0, 0.05) is 42.9 Å². The van der Waals surface area contributed by atoms with Gasteiger partial charge in [0.15, 0.2) is 6.10 Å². The van der Waals surface area contributed by atoms with E-state index < -0.39 is 52.5 Å². The van der Waals surface area contributed by atoms with Gasteiger partial charge in [0.25, 0.3) is 0 Å². The Morgan fingerprint density at radius 2 is 1.29 bits per heavy atom. The van der Waals surface area contributed by atoms with Crippen molar-refractivity contribution in [2.75, 3.05) is 0 Å². The average Bonchev–Trinajstić information content (AvgIpc) is 2.88. The van der Waals surface area contributed by atoms with Gasteiger partial charge in [0.1, 0.15) is 18.0 Å². The summed E-state index contributed by atoms with van der Waals surface area (Å²) >= 11 is 0. The smallest absolute Gasteiger partial charge is 0.303 e. The van der Waals surface area contributed by atoms with E-state index in [-0.39, 0.29) is 29.5 Å². The molecule has 5 saturated carbocycles. The molecule has 0 aromatic heterocycles. The molecule has 7 heteroatoms. The summed E-state index contributed by atoms with van der Waals surface area (Å²) in [4.78, 5) is 49.2. The van der Waals surface area contributed by atoms with Crippen molar-refractivity contribution in [2.24, 2.45) is 39.9 Å². The number of hydrogen-bond donors (Lipinski definition) is 0. The third kappa shape index (κ3) is 2.00. The zero-order valence-corrected chi connectivity index (χ0v) is 17.4. The molecule has 0 aromatic carbocycles. The third-order valence-electron chi connectivity index (χ3n) is 8.18. The lowest BCUT2D eigenvalue weighted by atomic mass is 9.68. The minimum Gasteiger partial charge on any atom is -0.458 e. The Kier molecular flexibility index (Phi) is 3.71. The Morgan fingerprint density at radius 3 is 1.75 bits per heavy atom. The Morgan fingerprint density at radius 1 is 0.786 bits per heavy atom. The highest BCUT2D eigenvalue weighted by Gasteiger charge is 2.94. The molecule has 0 aliphatic heterocycles. The highest BCUT2D eigenvalue weighted by Crippen LogP contribution is 2.89. The van der Waals surface area contributed by atoms with Crippen LogP contribution in [0.4, 0.5) is 0 Å². The SMILES string of the molecule is CC(=O)O[C@@H]1[C@@H](OC(C)=O)C(C)(C)[C@@H]2[C@H]3C(=O)[C@]4(C)C([C@H]24)[C@@]3(C)[C@@H]1OC(C)=O. The minimum absolute atomic E-state index is 0.0250. The predicted octanol–water partition coefficient (Wildman–Crippen LogP) is 1.91. The second kappa shape index (κ2) is 5.36. The maximum atomic E-state index is 13.3. The maximum absolute atomic E-state index is 13.3. The number of rotatable bonds is 3. The summed E-state index contributed by atoms with van der Waals surface area (Å²) in [7, 11) is 0.